The van der Waals surface area contributed by atoms with Crippen LogP contribution in [0.1, 0.15) is 27.6 Å². The second-order valence-corrected chi connectivity index (χ2v) is 8.80. The van der Waals surface area contributed by atoms with Crippen LogP contribution in [0, 0.1) is 13.8 Å². The van der Waals surface area contributed by atoms with Crippen molar-refractivity contribution < 1.29 is 18.0 Å². The Morgan fingerprint density at radius 2 is 1.59 bits per heavy atom. The van der Waals surface area contributed by atoms with Crippen LogP contribution < -0.4 is 14.9 Å². The Morgan fingerprint density at radius 3 is 2.34 bits per heavy atom. The Balaban J connectivity index is 1.58. The van der Waals surface area contributed by atoms with Crippen LogP contribution in [-0.2, 0) is 16.4 Å². The van der Waals surface area contributed by atoms with Gasteiger partial charge in [-0.25, -0.2) is 22.9 Å². The van der Waals surface area contributed by atoms with Gasteiger partial charge in [-0.1, -0.05) is 30.3 Å². The summed E-state index contributed by atoms with van der Waals surface area (Å²) in [6.07, 6.45) is 0.683. The fourth-order valence-corrected chi connectivity index (χ4v) is 4.66. The Bertz CT molecular complexity index is 1310. The number of carbonyl (C=O) groups is 2. The van der Waals surface area contributed by atoms with Crippen LogP contribution in [0.4, 0.5) is 16.4 Å². The first-order chi connectivity index (χ1) is 15.2. The van der Waals surface area contributed by atoms with Crippen molar-refractivity contribution in [3.05, 3.63) is 71.3 Å². The van der Waals surface area contributed by atoms with E-state index in [0.29, 0.717) is 24.6 Å². The van der Waals surface area contributed by atoms with Crippen LogP contribution in [0.3, 0.4) is 0 Å². The van der Waals surface area contributed by atoms with Crippen LogP contribution in [0.15, 0.2) is 53.4 Å². The van der Waals surface area contributed by atoms with Crippen molar-refractivity contribution in [3.8, 4) is 0 Å². The monoisotopic (exact) mass is 452 g/mol. The lowest BCUT2D eigenvalue weighted by atomic mass is 10.1. The molecule has 1 aliphatic rings. The summed E-state index contributed by atoms with van der Waals surface area (Å²) < 4.78 is 27.8. The van der Waals surface area contributed by atoms with Crippen LogP contribution >= 0.6 is 0 Å². The number of hydrogen-bond acceptors (Lipinski definition) is 7. The Hall–Kier alpha value is -3.86. The first kappa shape index (κ1) is 21.4. The highest BCUT2D eigenvalue weighted by Gasteiger charge is 2.30. The Kier molecular flexibility index (Phi) is 5.57. The number of urea groups is 1. The Labute approximate surface area is 184 Å². The second-order valence-electron chi connectivity index (χ2n) is 7.14. The maximum absolute atomic E-state index is 13.2. The van der Waals surface area contributed by atoms with Crippen molar-refractivity contribution in [1.82, 2.24) is 19.7 Å². The summed E-state index contributed by atoms with van der Waals surface area (Å²) in [5, 5.41) is 2.28. The van der Waals surface area contributed by atoms with Gasteiger partial charge in [0, 0.05) is 12.2 Å². The lowest BCUT2D eigenvalue weighted by Crippen LogP contribution is -2.37. The molecule has 11 heteroatoms. The van der Waals surface area contributed by atoms with E-state index in [0.717, 1.165) is 11.3 Å². The normalized spacial score (nSPS) is 12.9. The lowest BCUT2D eigenvalue weighted by molar-refractivity contribution is 0.0986. The highest BCUT2D eigenvalue weighted by molar-refractivity contribution is 7.90. The van der Waals surface area contributed by atoms with Crippen molar-refractivity contribution in [2.45, 2.75) is 25.2 Å². The molecule has 0 radical (unpaired) electrons. The molecule has 0 unspecified atom stereocenters. The van der Waals surface area contributed by atoms with E-state index in [1.165, 1.54) is 18.2 Å². The maximum Gasteiger partial charge on any atom is 0.335 e. The number of hydrogen-bond donors (Lipinski definition) is 2. The third-order valence-corrected chi connectivity index (χ3v) is 6.24. The highest BCUT2D eigenvalue weighted by atomic mass is 32.2. The number of anilines is 2. The number of aryl methyl sites for hydroxylation is 2. The molecule has 2 N–H and O–H groups in total. The summed E-state index contributed by atoms with van der Waals surface area (Å²) in [7, 11) is -4.36. The average Bonchev–Trinajstić information content (AvgIpc) is 3.16. The minimum Gasteiger partial charge on any atom is -0.308 e. The van der Waals surface area contributed by atoms with Gasteiger partial charge in [-0.2, -0.15) is 9.97 Å². The van der Waals surface area contributed by atoms with Gasteiger partial charge < -0.3 is 4.90 Å². The predicted octanol–water partition coefficient (Wildman–Crippen LogP) is 2.20. The molecule has 32 heavy (non-hydrogen) atoms. The zero-order chi connectivity index (χ0) is 22.9. The molecule has 10 nitrogen and oxygen atoms in total. The smallest absolute Gasteiger partial charge is 0.308 e. The van der Waals surface area contributed by atoms with Gasteiger partial charge in [0.25, 0.3) is 15.9 Å². The molecule has 0 bridgehead atoms. The third kappa shape index (κ3) is 4.28. The van der Waals surface area contributed by atoms with Gasteiger partial charge in [0.05, 0.1) is 5.56 Å². The van der Waals surface area contributed by atoms with E-state index in [9.17, 15) is 18.0 Å². The molecule has 0 atom stereocenters. The summed E-state index contributed by atoms with van der Waals surface area (Å²) in [5.74, 6) is 0.204. The number of aromatic nitrogens is 3. The van der Waals surface area contributed by atoms with Crippen molar-refractivity contribution >= 4 is 33.6 Å². The number of carbonyl (C=O) groups excluding carboxylic acids is 2. The molecule has 1 aliphatic heterocycles. The van der Waals surface area contributed by atoms with Crippen molar-refractivity contribution in [2.75, 3.05) is 16.8 Å². The molecule has 0 saturated heterocycles. The van der Waals surface area contributed by atoms with Crippen LogP contribution in [0.25, 0.3) is 0 Å². The maximum atomic E-state index is 13.2. The molecule has 3 amide bonds. The minimum absolute atomic E-state index is 0.0312. The molecule has 2 aromatic carbocycles. The van der Waals surface area contributed by atoms with E-state index >= 15 is 0 Å². The summed E-state index contributed by atoms with van der Waals surface area (Å²) in [4.78, 5) is 38.7. The van der Waals surface area contributed by atoms with Gasteiger partial charge in [-0.3, -0.25) is 10.1 Å². The third-order valence-electron chi connectivity index (χ3n) is 4.85. The fourth-order valence-electron chi connectivity index (χ4n) is 3.55. The van der Waals surface area contributed by atoms with Gasteiger partial charge >= 0.3 is 6.03 Å². The lowest BCUT2D eigenvalue weighted by Gasteiger charge is -2.19. The molecule has 0 fully saturated rings. The molecule has 164 valence electrons. The summed E-state index contributed by atoms with van der Waals surface area (Å²) >= 11 is 0. The number of fused-ring (bicyclic) bond motifs is 1. The quantitative estimate of drug-likeness (QED) is 0.620. The summed E-state index contributed by atoms with van der Waals surface area (Å²) in [6.45, 7) is 3.68. The topological polar surface area (TPSA) is 134 Å². The van der Waals surface area contributed by atoms with Crippen molar-refractivity contribution in [3.63, 3.8) is 0 Å². The number of nitrogens with zero attached hydrogens (tertiary/aromatic N) is 4. The average molecular weight is 452 g/mol. The Morgan fingerprint density at radius 1 is 0.938 bits per heavy atom. The first-order valence-electron chi connectivity index (χ1n) is 9.76. The zero-order valence-electron chi connectivity index (χ0n) is 17.4. The van der Waals surface area contributed by atoms with Gasteiger partial charge in [-0.05, 0) is 44.0 Å². The predicted molar refractivity (Wildman–Crippen MR) is 117 cm³/mol. The van der Waals surface area contributed by atoms with Crippen molar-refractivity contribution in [2.24, 2.45) is 0 Å². The number of sulfonamides is 1. The van der Waals surface area contributed by atoms with Gasteiger partial charge in [0.1, 0.15) is 16.5 Å². The summed E-state index contributed by atoms with van der Waals surface area (Å²) in [6, 6.07) is 12.2. The SMILES string of the molecule is Cc1nc(C)nc(NC(=O)NS(=O)(=O)c2ccccc2C(=O)N2CCc3ccccc32)n1. The minimum atomic E-state index is -4.36. The molecule has 1 aromatic heterocycles. The van der Waals surface area contributed by atoms with E-state index < -0.39 is 22.0 Å². The van der Waals surface area contributed by atoms with Crippen LogP contribution in [0.5, 0.6) is 0 Å². The number of amides is 3. The van der Waals surface area contributed by atoms with Gasteiger partial charge in [-0.15, -0.1) is 0 Å². The van der Waals surface area contributed by atoms with Crippen LogP contribution in [-0.4, -0.2) is 41.9 Å². The molecule has 4 rings (SSSR count). The standard InChI is InChI=1S/C21H20N6O4S/c1-13-22-14(2)24-20(23-13)25-21(29)26-32(30,31)18-10-6-4-8-16(18)19(28)27-12-11-15-7-3-5-9-17(15)27/h3-10H,11-12H2,1-2H3,(H2,22,23,24,25,26,29). The summed E-state index contributed by atoms with van der Waals surface area (Å²) in [5.41, 5.74) is 1.73. The number of rotatable bonds is 4. The first-order valence-corrected chi connectivity index (χ1v) is 11.2. The molecular weight excluding hydrogens is 432 g/mol. The van der Waals surface area contributed by atoms with Crippen LogP contribution in [0.2, 0.25) is 0 Å². The number of para-hydroxylation sites is 1. The fraction of sp³-hybridized carbons (Fsp3) is 0.190. The second kappa shape index (κ2) is 8.35. The van der Waals surface area contributed by atoms with E-state index in [4.69, 9.17) is 0 Å². The van der Waals surface area contributed by atoms with Gasteiger partial charge in [0.15, 0.2) is 0 Å². The molecule has 2 heterocycles. The zero-order valence-corrected chi connectivity index (χ0v) is 18.2. The van der Waals surface area contributed by atoms with E-state index in [2.05, 4.69) is 20.3 Å². The highest BCUT2D eigenvalue weighted by Crippen LogP contribution is 2.30. The molecule has 3 aromatic rings. The molecule has 0 aliphatic carbocycles. The van der Waals surface area contributed by atoms with Crippen molar-refractivity contribution in [1.29, 1.82) is 0 Å². The van der Waals surface area contributed by atoms with E-state index in [1.807, 2.05) is 29.0 Å². The molecule has 0 saturated carbocycles. The van der Waals surface area contributed by atoms with E-state index in [-0.39, 0.29) is 16.4 Å². The largest absolute Gasteiger partial charge is 0.335 e. The number of benzene rings is 2. The van der Waals surface area contributed by atoms with Gasteiger partial charge in [0.2, 0.25) is 5.95 Å². The molecule has 0 spiro atoms. The molecular formula is C21H20N6O4S. The number of nitrogens with one attached hydrogen (secondary N) is 2. The van der Waals surface area contributed by atoms with E-state index in [1.54, 1.807) is 24.8 Å².